The minimum Gasteiger partial charge on any atom is -0.299 e. The summed E-state index contributed by atoms with van der Waals surface area (Å²) < 4.78 is 0. The molecular weight excluding hydrogens is 370 g/mol. The lowest BCUT2D eigenvalue weighted by Gasteiger charge is -2.43. The average Bonchev–Trinajstić information content (AvgIpc) is 3.57. The van der Waals surface area contributed by atoms with E-state index < -0.39 is 16.5 Å². The van der Waals surface area contributed by atoms with Crippen molar-refractivity contribution >= 4 is 5.78 Å². The van der Waals surface area contributed by atoms with E-state index >= 15 is 0 Å². The first-order chi connectivity index (χ1) is 14.4. The van der Waals surface area contributed by atoms with E-state index in [4.69, 9.17) is 0 Å². The number of carbonyl (C=O) groups excluding carboxylic acids is 1. The van der Waals surface area contributed by atoms with Crippen molar-refractivity contribution in [1.82, 2.24) is 0 Å². The molecule has 1 unspecified atom stereocenters. The van der Waals surface area contributed by atoms with Crippen LogP contribution in [0.2, 0.25) is 0 Å². The molecule has 0 saturated carbocycles. The lowest BCUT2D eigenvalue weighted by atomic mass is 9.57. The molecule has 1 aliphatic rings. The first kappa shape index (κ1) is 26.8. The molecule has 1 atom stereocenters. The molecule has 0 amide bonds. The van der Waals surface area contributed by atoms with Crippen LogP contribution in [0.25, 0.3) is 0 Å². The summed E-state index contributed by atoms with van der Waals surface area (Å²) in [7, 11) is 0. The van der Waals surface area contributed by atoms with Crippen LogP contribution in [0.3, 0.4) is 0 Å². The van der Waals surface area contributed by atoms with Gasteiger partial charge in [-0.25, -0.2) is 0 Å². The predicted octanol–water partition coefficient (Wildman–Crippen LogP) is 8.41. The van der Waals surface area contributed by atoms with Gasteiger partial charge in [-0.15, -0.1) is 0 Å². The lowest BCUT2D eigenvalue weighted by molar-refractivity contribution is -0.141. The molecule has 0 radical (unpaired) electrons. The summed E-state index contributed by atoms with van der Waals surface area (Å²) in [6, 6.07) is 2.71. The smallest absolute Gasteiger partial charge is 0.203 e. The number of rotatable bonds is 18. The fourth-order valence-corrected chi connectivity index (χ4v) is 5.47. The zero-order valence-corrected chi connectivity index (χ0v) is 20.7. The molecule has 1 rings (SSSR count). The fraction of sp³-hybridized carbons (Fsp3) is 0.923. The molecule has 0 N–H and O–H groups in total. The Morgan fingerprint density at radius 3 is 1.57 bits per heavy atom. The van der Waals surface area contributed by atoms with E-state index in [1.807, 2.05) is 0 Å². The van der Waals surface area contributed by atoms with Gasteiger partial charge in [-0.1, -0.05) is 92.9 Å². The van der Waals surface area contributed by atoms with Gasteiger partial charge in [0, 0.05) is 5.92 Å². The Labute approximate surface area is 186 Å². The van der Waals surface area contributed by atoms with Gasteiger partial charge in [-0.05, 0) is 38.5 Å². The molecule has 0 bridgehead atoms. The van der Waals surface area contributed by atoms with Gasteiger partial charge >= 0.3 is 0 Å². The van der Waals surface area contributed by atoms with Crippen molar-refractivity contribution in [2.45, 2.75) is 137 Å². The molecular formula is C26H47N3O. The van der Waals surface area contributed by atoms with Crippen molar-refractivity contribution in [2.24, 2.45) is 27.0 Å². The van der Waals surface area contributed by atoms with E-state index in [0.29, 0.717) is 5.78 Å². The minimum atomic E-state index is -0.550. The van der Waals surface area contributed by atoms with Gasteiger partial charge in [0.1, 0.15) is 5.78 Å². The summed E-state index contributed by atoms with van der Waals surface area (Å²) in [5.74, 6) is 0.0799. The van der Waals surface area contributed by atoms with Crippen molar-refractivity contribution in [3.8, 4) is 6.07 Å². The maximum absolute atomic E-state index is 14.5. The van der Waals surface area contributed by atoms with Gasteiger partial charge in [-0.3, -0.25) is 4.79 Å². The highest BCUT2D eigenvalue weighted by Gasteiger charge is 2.63. The highest BCUT2D eigenvalue weighted by atomic mass is 16.1. The van der Waals surface area contributed by atoms with Gasteiger partial charge in [0.2, 0.25) is 5.66 Å². The standard InChI is InChI=1S/C26H47N3O/c1-7-13-17-24(21-27,18-14-8-2)22(11-5)23(30)25(19-15-9-3,20-16-10-4)26(12-6)28-29-26/h22H,7-20H2,1-6H3. The predicted molar refractivity (Wildman–Crippen MR) is 125 cm³/mol. The quantitative estimate of drug-likeness (QED) is 0.224. The Morgan fingerprint density at radius 1 is 0.833 bits per heavy atom. The zero-order chi connectivity index (χ0) is 22.7. The topological polar surface area (TPSA) is 65.6 Å². The molecule has 172 valence electrons. The number of ketones is 1. The molecule has 0 aromatic heterocycles. The number of carbonyl (C=O) groups is 1. The van der Waals surface area contributed by atoms with E-state index in [-0.39, 0.29) is 5.92 Å². The Hall–Kier alpha value is -1.24. The van der Waals surface area contributed by atoms with E-state index in [2.05, 4.69) is 57.8 Å². The largest absolute Gasteiger partial charge is 0.299 e. The number of hydrogen-bond acceptors (Lipinski definition) is 4. The van der Waals surface area contributed by atoms with Crippen LogP contribution < -0.4 is 0 Å². The van der Waals surface area contributed by atoms with Crippen LogP contribution in [0.4, 0.5) is 0 Å². The SMILES string of the molecule is CCCCC(C#N)(CCCC)C(CC)C(=O)C(CCCC)(CCCC)C1(CC)N=N1. The van der Waals surface area contributed by atoms with Gasteiger partial charge in [-0.2, -0.15) is 15.5 Å². The fourth-order valence-electron chi connectivity index (χ4n) is 5.47. The van der Waals surface area contributed by atoms with Gasteiger partial charge in [0.15, 0.2) is 0 Å². The first-order valence-electron chi connectivity index (χ1n) is 12.8. The lowest BCUT2D eigenvalue weighted by Crippen LogP contribution is -2.51. The normalized spacial score (nSPS) is 16.3. The molecule has 0 spiro atoms. The highest BCUT2D eigenvalue weighted by Crippen LogP contribution is 2.57. The van der Waals surface area contributed by atoms with Crippen LogP contribution in [-0.4, -0.2) is 11.4 Å². The third-order valence-electron chi connectivity index (χ3n) is 7.55. The third kappa shape index (κ3) is 5.51. The molecule has 0 fully saturated rings. The van der Waals surface area contributed by atoms with Crippen molar-refractivity contribution in [2.75, 3.05) is 0 Å². The second-order valence-electron chi connectivity index (χ2n) is 9.46. The molecule has 4 heteroatoms. The van der Waals surface area contributed by atoms with Crippen molar-refractivity contribution in [1.29, 1.82) is 5.26 Å². The molecule has 30 heavy (non-hydrogen) atoms. The summed E-state index contributed by atoms with van der Waals surface area (Å²) in [5.41, 5.74) is -1.63. The van der Waals surface area contributed by atoms with Crippen molar-refractivity contribution < 1.29 is 4.79 Å². The molecule has 4 nitrogen and oxygen atoms in total. The number of hydrogen-bond donors (Lipinski definition) is 0. The summed E-state index contributed by atoms with van der Waals surface area (Å²) in [5, 5.41) is 19.5. The van der Waals surface area contributed by atoms with E-state index in [0.717, 1.165) is 89.9 Å². The van der Waals surface area contributed by atoms with Crippen LogP contribution in [0.5, 0.6) is 0 Å². The Bertz CT molecular complexity index is 568. The maximum Gasteiger partial charge on any atom is 0.203 e. The second-order valence-corrected chi connectivity index (χ2v) is 9.46. The molecule has 0 aromatic rings. The molecule has 0 saturated heterocycles. The second kappa shape index (κ2) is 12.6. The van der Waals surface area contributed by atoms with Crippen molar-refractivity contribution in [3.05, 3.63) is 0 Å². The van der Waals surface area contributed by atoms with Gasteiger partial charge in [0.25, 0.3) is 0 Å². The summed E-state index contributed by atoms with van der Waals surface area (Å²) in [6.45, 7) is 12.9. The minimum absolute atomic E-state index is 0.219. The molecule has 1 heterocycles. The van der Waals surface area contributed by atoms with Gasteiger partial charge in [0.05, 0.1) is 16.9 Å². The number of unbranched alkanes of at least 4 members (excludes halogenated alkanes) is 4. The van der Waals surface area contributed by atoms with Crippen LogP contribution in [0.1, 0.15) is 131 Å². The molecule has 0 aromatic carbocycles. The zero-order valence-electron chi connectivity index (χ0n) is 20.7. The maximum atomic E-state index is 14.5. The number of Topliss-reactive ketones (excluding diaryl/α,β-unsaturated/α-hetero) is 1. The van der Waals surface area contributed by atoms with Crippen LogP contribution >= 0.6 is 0 Å². The van der Waals surface area contributed by atoms with Gasteiger partial charge < -0.3 is 0 Å². The van der Waals surface area contributed by atoms with Crippen LogP contribution in [0.15, 0.2) is 10.2 Å². The van der Waals surface area contributed by atoms with E-state index in [1.165, 1.54) is 0 Å². The monoisotopic (exact) mass is 417 g/mol. The van der Waals surface area contributed by atoms with Crippen LogP contribution in [-0.2, 0) is 4.79 Å². The molecule has 1 aliphatic heterocycles. The third-order valence-corrected chi connectivity index (χ3v) is 7.55. The Kier molecular flexibility index (Phi) is 11.2. The summed E-state index contributed by atoms with van der Waals surface area (Å²) >= 11 is 0. The summed E-state index contributed by atoms with van der Waals surface area (Å²) in [4.78, 5) is 14.5. The van der Waals surface area contributed by atoms with Crippen molar-refractivity contribution in [3.63, 3.8) is 0 Å². The summed E-state index contributed by atoms with van der Waals surface area (Å²) in [6.07, 6.45) is 13.2. The molecule has 0 aliphatic carbocycles. The van der Waals surface area contributed by atoms with E-state index in [1.54, 1.807) is 0 Å². The Balaban J connectivity index is 3.47. The average molecular weight is 418 g/mol. The Morgan fingerprint density at radius 2 is 1.27 bits per heavy atom. The highest BCUT2D eigenvalue weighted by molar-refractivity contribution is 5.90. The number of nitrogens with zero attached hydrogens (tertiary/aromatic N) is 3. The van der Waals surface area contributed by atoms with Crippen LogP contribution in [0, 0.1) is 28.1 Å². The number of nitriles is 1. The first-order valence-corrected chi connectivity index (χ1v) is 12.8. The van der Waals surface area contributed by atoms with E-state index in [9.17, 15) is 10.1 Å².